The Bertz CT molecular complexity index is 586. The van der Waals surface area contributed by atoms with Crippen molar-refractivity contribution in [3.8, 4) is 0 Å². The Morgan fingerprint density at radius 1 is 1.08 bits per heavy atom. The first-order chi connectivity index (χ1) is 12.0. The van der Waals surface area contributed by atoms with E-state index in [1.807, 2.05) is 12.1 Å². The van der Waals surface area contributed by atoms with Crippen LogP contribution in [0.3, 0.4) is 0 Å². The summed E-state index contributed by atoms with van der Waals surface area (Å²) >= 11 is 0. The second-order valence-corrected chi connectivity index (χ2v) is 9.03. The molecular formula is C22H32N2O. The minimum atomic E-state index is 0.0898. The molecule has 0 aromatic heterocycles. The van der Waals surface area contributed by atoms with Crippen molar-refractivity contribution < 1.29 is 4.79 Å². The van der Waals surface area contributed by atoms with E-state index in [9.17, 15) is 4.79 Å². The molecule has 1 aromatic carbocycles. The molecule has 1 aromatic rings. The Hall–Kier alpha value is -1.35. The molecule has 3 heteroatoms. The number of rotatable bonds is 6. The van der Waals surface area contributed by atoms with Gasteiger partial charge >= 0.3 is 0 Å². The molecule has 4 fully saturated rings. The largest absolute Gasteiger partial charge is 0.325 e. The van der Waals surface area contributed by atoms with Crippen molar-refractivity contribution in [2.45, 2.75) is 70.3 Å². The van der Waals surface area contributed by atoms with Gasteiger partial charge in [-0.15, -0.1) is 0 Å². The lowest BCUT2D eigenvalue weighted by Crippen LogP contribution is -2.59. The Morgan fingerprint density at radius 3 is 2.16 bits per heavy atom. The molecule has 0 radical (unpaired) electrons. The van der Waals surface area contributed by atoms with E-state index in [0.717, 1.165) is 29.9 Å². The molecule has 0 aliphatic heterocycles. The molecule has 4 aliphatic rings. The number of nitrogens with one attached hydrogen (secondary N) is 2. The highest BCUT2D eigenvalue weighted by atomic mass is 16.1. The molecule has 1 atom stereocenters. The van der Waals surface area contributed by atoms with Crippen LogP contribution in [0.1, 0.15) is 70.3 Å². The van der Waals surface area contributed by atoms with Gasteiger partial charge < -0.3 is 10.6 Å². The summed E-state index contributed by atoms with van der Waals surface area (Å²) in [6.45, 7) is 4.89. The molecule has 0 heterocycles. The molecule has 0 saturated heterocycles. The van der Waals surface area contributed by atoms with Gasteiger partial charge in [0.25, 0.3) is 0 Å². The molecule has 5 rings (SSSR count). The predicted octanol–water partition coefficient (Wildman–Crippen LogP) is 4.70. The molecule has 136 valence electrons. The van der Waals surface area contributed by atoms with Crippen molar-refractivity contribution in [1.82, 2.24) is 5.32 Å². The average Bonchev–Trinajstić information content (AvgIpc) is 2.59. The van der Waals surface area contributed by atoms with E-state index in [-0.39, 0.29) is 11.4 Å². The van der Waals surface area contributed by atoms with Crippen LogP contribution in [-0.2, 0) is 4.79 Å². The third-order valence-corrected chi connectivity index (χ3v) is 7.04. The number of anilines is 1. The van der Waals surface area contributed by atoms with Crippen LogP contribution in [0.4, 0.5) is 5.69 Å². The van der Waals surface area contributed by atoms with Crippen LogP contribution in [-0.4, -0.2) is 18.0 Å². The van der Waals surface area contributed by atoms with Crippen molar-refractivity contribution in [1.29, 1.82) is 0 Å². The maximum Gasteiger partial charge on any atom is 0.238 e. The van der Waals surface area contributed by atoms with Crippen molar-refractivity contribution in [2.24, 2.45) is 17.8 Å². The number of benzene rings is 1. The Labute approximate surface area is 152 Å². The van der Waals surface area contributed by atoms with E-state index < -0.39 is 0 Å². The van der Waals surface area contributed by atoms with Crippen LogP contribution in [0.25, 0.3) is 0 Å². The fourth-order valence-corrected chi connectivity index (χ4v) is 5.93. The molecule has 1 amide bonds. The van der Waals surface area contributed by atoms with Crippen LogP contribution in [0, 0.1) is 17.8 Å². The van der Waals surface area contributed by atoms with Crippen molar-refractivity contribution in [3.05, 3.63) is 29.8 Å². The topological polar surface area (TPSA) is 41.1 Å². The van der Waals surface area contributed by atoms with Crippen LogP contribution >= 0.6 is 0 Å². The number of carbonyl (C=O) groups excluding carboxylic acids is 1. The summed E-state index contributed by atoms with van der Waals surface area (Å²) < 4.78 is 0. The van der Waals surface area contributed by atoms with E-state index in [4.69, 9.17) is 0 Å². The molecule has 4 aliphatic carbocycles. The first-order valence-electron chi connectivity index (χ1n) is 10.2. The molecule has 25 heavy (non-hydrogen) atoms. The quantitative estimate of drug-likeness (QED) is 0.788. The van der Waals surface area contributed by atoms with Gasteiger partial charge in [-0.05, 0) is 86.3 Å². The van der Waals surface area contributed by atoms with Crippen LogP contribution in [0.5, 0.6) is 0 Å². The van der Waals surface area contributed by atoms with Crippen LogP contribution < -0.4 is 10.6 Å². The standard InChI is InChI=1S/C22H32N2O/c1-3-15(2)19-4-6-20(7-5-19)24-21(25)14-23-22-11-16-8-17(12-22)10-18(9-16)13-22/h4-7,15-18,23H,3,8-14H2,1-2H3,(H,24,25)/t15-,16?,17?,18?,22?/m1/s1. The second-order valence-electron chi connectivity index (χ2n) is 9.03. The normalized spacial score (nSPS) is 34.1. The minimum Gasteiger partial charge on any atom is -0.325 e. The Kier molecular flexibility index (Phi) is 4.61. The summed E-state index contributed by atoms with van der Waals surface area (Å²) in [5.41, 5.74) is 2.50. The fraction of sp³-hybridized carbons (Fsp3) is 0.682. The maximum absolute atomic E-state index is 12.4. The molecular weight excluding hydrogens is 308 g/mol. The lowest BCUT2D eigenvalue weighted by molar-refractivity contribution is -0.116. The minimum absolute atomic E-state index is 0.0898. The summed E-state index contributed by atoms with van der Waals surface area (Å²) in [5, 5.41) is 6.73. The smallest absolute Gasteiger partial charge is 0.238 e. The summed E-state index contributed by atoms with van der Waals surface area (Å²) in [6.07, 6.45) is 9.32. The van der Waals surface area contributed by atoms with Gasteiger partial charge in [0.1, 0.15) is 0 Å². The molecule has 0 spiro atoms. The number of carbonyl (C=O) groups is 1. The van der Waals surface area contributed by atoms with Crippen molar-refractivity contribution in [2.75, 3.05) is 11.9 Å². The predicted molar refractivity (Wildman–Crippen MR) is 103 cm³/mol. The summed E-state index contributed by atoms with van der Waals surface area (Å²) in [4.78, 5) is 12.4. The van der Waals surface area contributed by atoms with E-state index in [0.29, 0.717) is 12.5 Å². The highest BCUT2D eigenvalue weighted by Gasteiger charge is 2.50. The zero-order chi connectivity index (χ0) is 17.4. The third-order valence-electron chi connectivity index (χ3n) is 7.04. The Morgan fingerprint density at radius 2 is 1.64 bits per heavy atom. The van der Waals surface area contributed by atoms with Gasteiger partial charge in [-0.3, -0.25) is 4.79 Å². The lowest BCUT2D eigenvalue weighted by atomic mass is 9.53. The van der Waals surface area contributed by atoms with Gasteiger partial charge in [-0.1, -0.05) is 26.0 Å². The monoisotopic (exact) mass is 340 g/mol. The molecule has 3 nitrogen and oxygen atoms in total. The van der Waals surface area contributed by atoms with E-state index in [1.54, 1.807) is 0 Å². The highest BCUT2D eigenvalue weighted by Crippen LogP contribution is 2.55. The summed E-state index contributed by atoms with van der Waals surface area (Å²) in [5.74, 6) is 3.40. The maximum atomic E-state index is 12.4. The SMILES string of the molecule is CC[C@@H](C)c1ccc(NC(=O)CNC23CC4CC(CC(C4)C2)C3)cc1. The summed E-state index contributed by atoms with van der Waals surface area (Å²) in [6, 6.07) is 8.33. The molecule has 2 N–H and O–H groups in total. The molecule has 4 bridgehead atoms. The van der Waals surface area contributed by atoms with Gasteiger partial charge in [0, 0.05) is 11.2 Å². The van der Waals surface area contributed by atoms with Crippen molar-refractivity contribution >= 4 is 11.6 Å². The van der Waals surface area contributed by atoms with Gasteiger partial charge in [0.05, 0.1) is 6.54 Å². The van der Waals surface area contributed by atoms with Gasteiger partial charge in [0.2, 0.25) is 5.91 Å². The molecule has 0 unspecified atom stereocenters. The highest BCUT2D eigenvalue weighted by molar-refractivity contribution is 5.92. The second kappa shape index (κ2) is 6.75. The first-order valence-corrected chi connectivity index (χ1v) is 10.2. The summed E-state index contributed by atoms with van der Waals surface area (Å²) in [7, 11) is 0. The number of amides is 1. The lowest BCUT2D eigenvalue weighted by Gasteiger charge is -2.57. The third kappa shape index (κ3) is 3.62. The number of hydrogen-bond donors (Lipinski definition) is 2. The average molecular weight is 341 g/mol. The van der Waals surface area contributed by atoms with E-state index in [2.05, 4.69) is 36.6 Å². The van der Waals surface area contributed by atoms with Crippen molar-refractivity contribution in [3.63, 3.8) is 0 Å². The fourth-order valence-electron chi connectivity index (χ4n) is 5.93. The zero-order valence-electron chi connectivity index (χ0n) is 15.7. The van der Waals surface area contributed by atoms with Gasteiger partial charge in [-0.25, -0.2) is 0 Å². The van der Waals surface area contributed by atoms with E-state index in [1.165, 1.54) is 44.1 Å². The first kappa shape index (κ1) is 17.1. The zero-order valence-corrected chi connectivity index (χ0v) is 15.7. The van der Waals surface area contributed by atoms with Gasteiger partial charge in [0.15, 0.2) is 0 Å². The number of hydrogen-bond acceptors (Lipinski definition) is 2. The van der Waals surface area contributed by atoms with E-state index >= 15 is 0 Å². The van der Waals surface area contributed by atoms with Crippen LogP contribution in [0.15, 0.2) is 24.3 Å². The van der Waals surface area contributed by atoms with Gasteiger partial charge in [-0.2, -0.15) is 0 Å². The van der Waals surface area contributed by atoms with Crippen LogP contribution in [0.2, 0.25) is 0 Å². The molecule has 4 saturated carbocycles. The Balaban J connectivity index is 1.31.